The van der Waals surface area contributed by atoms with Gasteiger partial charge in [-0.3, -0.25) is 10.1 Å². The number of amides is 1. The van der Waals surface area contributed by atoms with Crippen LogP contribution in [0.5, 0.6) is 0 Å². The van der Waals surface area contributed by atoms with Crippen molar-refractivity contribution in [3.63, 3.8) is 0 Å². The summed E-state index contributed by atoms with van der Waals surface area (Å²) < 4.78 is 1.13. The van der Waals surface area contributed by atoms with E-state index in [1.54, 1.807) is 23.1 Å². The zero-order valence-electron chi connectivity index (χ0n) is 13.0. The molecule has 2 saturated heterocycles. The minimum absolute atomic E-state index is 0. The summed E-state index contributed by atoms with van der Waals surface area (Å²) in [5.41, 5.74) is 1.87. The van der Waals surface area contributed by atoms with Gasteiger partial charge in [0.1, 0.15) is 0 Å². The fourth-order valence-electron chi connectivity index (χ4n) is 2.83. The van der Waals surface area contributed by atoms with Crippen LogP contribution in [0.1, 0.15) is 12.8 Å². The van der Waals surface area contributed by atoms with Crippen LogP contribution >= 0.6 is 47.9 Å². The molecule has 2 fully saturated rings. The fourth-order valence-corrected chi connectivity index (χ4v) is 4.83. The minimum atomic E-state index is -0.0812. The second-order valence-electron chi connectivity index (χ2n) is 5.63. The second kappa shape index (κ2) is 8.58. The van der Waals surface area contributed by atoms with Gasteiger partial charge in [-0.25, -0.2) is 4.98 Å². The van der Waals surface area contributed by atoms with Gasteiger partial charge < -0.3 is 10.2 Å². The predicted molar refractivity (Wildman–Crippen MR) is 108 cm³/mol. The molecule has 132 valence electrons. The van der Waals surface area contributed by atoms with Crippen LogP contribution in [0.4, 0.5) is 10.8 Å². The Kier molecular flexibility index (Phi) is 7.00. The van der Waals surface area contributed by atoms with Crippen LogP contribution in [0.3, 0.4) is 0 Å². The molecule has 0 radical (unpaired) electrons. The zero-order valence-corrected chi connectivity index (χ0v) is 16.3. The first-order chi connectivity index (χ1) is 10.8. The van der Waals surface area contributed by atoms with Gasteiger partial charge in [-0.2, -0.15) is 0 Å². The third-order valence-corrected chi connectivity index (χ3v) is 6.07. The SMILES string of the molecule is Cl.Cl.O=C(Nc1ccc2nc(N3CCCC3)sc2c1)C1CSCN1. The van der Waals surface area contributed by atoms with Crippen molar-refractivity contribution in [1.82, 2.24) is 10.3 Å². The van der Waals surface area contributed by atoms with Gasteiger partial charge in [0.25, 0.3) is 0 Å². The van der Waals surface area contributed by atoms with Crippen LogP contribution < -0.4 is 15.5 Å². The van der Waals surface area contributed by atoms with Crippen LogP contribution in [0.15, 0.2) is 18.2 Å². The highest BCUT2D eigenvalue weighted by atomic mass is 35.5. The van der Waals surface area contributed by atoms with E-state index in [2.05, 4.69) is 15.5 Å². The van der Waals surface area contributed by atoms with Crippen molar-refractivity contribution in [3.05, 3.63) is 18.2 Å². The first-order valence-electron chi connectivity index (χ1n) is 7.57. The smallest absolute Gasteiger partial charge is 0.242 e. The monoisotopic (exact) mass is 406 g/mol. The average molecular weight is 407 g/mol. The van der Waals surface area contributed by atoms with Gasteiger partial charge in [0.15, 0.2) is 5.13 Å². The molecule has 2 aromatic rings. The van der Waals surface area contributed by atoms with Crippen molar-refractivity contribution < 1.29 is 4.79 Å². The van der Waals surface area contributed by atoms with Crippen LogP contribution in [0, 0.1) is 0 Å². The summed E-state index contributed by atoms with van der Waals surface area (Å²) in [6, 6.07) is 5.89. The Hall–Kier alpha value is -0.730. The van der Waals surface area contributed by atoms with Gasteiger partial charge in [0.05, 0.1) is 16.3 Å². The minimum Gasteiger partial charge on any atom is -0.348 e. The molecule has 24 heavy (non-hydrogen) atoms. The van der Waals surface area contributed by atoms with E-state index in [1.165, 1.54) is 12.8 Å². The lowest BCUT2D eigenvalue weighted by atomic mass is 10.2. The quantitative estimate of drug-likeness (QED) is 0.818. The Balaban J connectivity index is 0.00000104. The Bertz CT molecular complexity index is 700. The van der Waals surface area contributed by atoms with E-state index < -0.39 is 0 Å². The van der Waals surface area contributed by atoms with Crippen LogP contribution in [-0.2, 0) is 4.79 Å². The lowest BCUT2D eigenvalue weighted by molar-refractivity contribution is -0.117. The molecule has 4 rings (SSSR count). The maximum Gasteiger partial charge on any atom is 0.242 e. The molecule has 1 aromatic heterocycles. The van der Waals surface area contributed by atoms with Crippen LogP contribution in [0.25, 0.3) is 10.2 Å². The number of anilines is 2. The number of hydrogen-bond donors (Lipinski definition) is 2. The van der Waals surface area contributed by atoms with Gasteiger partial charge in [0.2, 0.25) is 5.91 Å². The Labute approximate surface area is 161 Å². The summed E-state index contributed by atoms with van der Waals surface area (Å²) in [4.78, 5) is 19.2. The molecule has 0 aliphatic carbocycles. The number of hydrogen-bond acceptors (Lipinski definition) is 6. The normalized spacial score (nSPS) is 19.8. The number of thiazole rings is 1. The molecule has 2 N–H and O–H groups in total. The van der Waals surface area contributed by atoms with Gasteiger partial charge in [-0.15, -0.1) is 36.6 Å². The lowest BCUT2D eigenvalue weighted by Gasteiger charge is -2.11. The predicted octanol–water partition coefficient (Wildman–Crippen LogP) is 3.34. The first-order valence-corrected chi connectivity index (χ1v) is 9.54. The Morgan fingerprint density at radius 1 is 1.29 bits per heavy atom. The third-order valence-electron chi connectivity index (χ3n) is 4.05. The van der Waals surface area contributed by atoms with Crippen molar-refractivity contribution in [2.75, 3.05) is 34.9 Å². The molecule has 1 amide bonds. The van der Waals surface area contributed by atoms with Crippen LogP contribution in [-0.4, -0.2) is 41.7 Å². The third kappa shape index (κ3) is 4.08. The van der Waals surface area contributed by atoms with Gasteiger partial charge in [-0.05, 0) is 31.0 Å². The van der Waals surface area contributed by atoms with Crippen LogP contribution in [0.2, 0.25) is 0 Å². The largest absolute Gasteiger partial charge is 0.348 e. The molecule has 5 nitrogen and oxygen atoms in total. The van der Waals surface area contributed by atoms with Crippen molar-refractivity contribution >= 4 is 74.9 Å². The fraction of sp³-hybridized carbons (Fsp3) is 0.467. The maximum absolute atomic E-state index is 12.2. The number of carbonyl (C=O) groups excluding carboxylic acids is 1. The van der Waals surface area contributed by atoms with Gasteiger partial charge in [-0.1, -0.05) is 11.3 Å². The van der Waals surface area contributed by atoms with E-state index in [9.17, 15) is 4.79 Å². The number of benzene rings is 1. The number of carbonyl (C=O) groups is 1. The molecule has 1 aromatic carbocycles. The van der Waals surface area contributed by atoms with Crippen molar-refractivity contribution in [3.8, 4) is 0 Å². The molecule has 1 unspecified atom stereocenters. The topological polar surface area (TPSA) is 57.3 Å². The van der Waals surface area contributed by atoms with E-state index in [1.807, 2.05) is 18.2 Å². The highest BCUT2D eigenvalue weighted by Gasteiger charge is 2.22. The number of thioether (sulfide) groups is 1. The summed E-state index contributed by atoms with van der Waals surface area (Å²) >= 11 is 3.47. The van der Waals surface area contributed by atoms with E-state index in [-0.39, 0.29) is 36.8 Å². The molecule has 2 aliphatic heterocycles. The molecular weight excluding hydrogens is 387 g/mol. The first kappa shape index (κ1) is 19.6. The maximum atomic E-state index is 12.2. The van der Waals surface area contributed by atoms with E-state index in [0.717, 1.165) is 45.8 Å². The highest BCUT2D eigenvalue weighted by Crippen LogP contribution is 2.32. The number of halogens is 2. The number of fused-ring (bicyclic) bond motifs is 1. The number of nitrogens with zero attached hydrogens (tertiary/aromatic N) is 2. The van der Waals surface area contributed by atoms with Crippen molar-refractivity contribution in [1.29, 1.82) is 0 Å². The molecule has 0 bridgehead atoms. The Morgan fingerprint density at radius 3 is 2.79 bits per heavy atom. The molecular formula is C15H20Cl2N4OS2. The number of rotatable bonds is 3. The summed E-state index contributed by atoms with van der Waals surface area (Å²) in [6.07, 6.45) is 2.51. The Morgan fingerprint density at radius 2 is 2.08 bits per heavy atom. The summed E-state index contributed by atoms with van der Waals surface area (Å²) in [6.45, 7) is 2.21. The molecule has 0 spiro atoms. The van der Waals surface area contributed by atoms with Gasteiger partial charge >= 0.3 is 0 Å². The molecule has 0 saturated carbocycles. The second-order valence-corrected chi connectivity index (χ2v) is 7.67. The highest BCUT2D eigenvalue weighted by molar-refractivity contribution is 7.99. The summed E-state index contributed by atoms with van der Waals surface area (Å²) in [5.74, 6) is 1.74. The standard InChI is InChI=1S/C15H18N4OS2.2ClH/c20-14(12-8-21-9-16-12)17-10-3-4-11-13(7-10)22-15(18-11)19-5-1-2-6-19;;/h3-4,7,12,16H,1-2,5-6,8-9H2,(H,17,20);2*1H. The lowest BCUT2D eigenvalue weighted by Crippen LogP contribution is -2.37. The molecule has 3 heterocycles. The summed E-state index contributed by atoms with van der Waals surface area (Å²) in [7, 11) is 0. The van der Waals surface area contributed by atoms with E-state index in [0.29, 0.717) is 0 Å². The zero-order chi connectivity index (χ0) is 14.9. The van der Waals surface area contributed by atoms with E-state index in [4.69, 9.17) is 4.98 Å². The number of aromatic nitrogens is 1. The summed E-state index contributed by atoms with van der Waals surface area (Å²) in [5, 5.41) is 7.30. The number of nitrogens with one attached hydrogen (secondary N) is 2. The van der Waals surface area contributed by atoms with Crippen molar-refractivity contribution in [2.45, 2.75) is 18.9 Å². The molecule has 1 atom stereocenters. The molecule has 2 aliphatic rings. The molecule has 9 heteroatoms. The van der Waals surface area contributed by atoms with Crippen molar-refractivity contribution in [2.24, 2.45) is 0 Å². The average Bonchev–Trinajstić information content (AvgIpc) is 3.26. The van der Waals surface area contributed by atoms with Gasteiger partial charge in [0, 0.05) is 30.4 Å². The van der Waals surface area contributed by atoms with E-state index >= 15 is 0 Å².